The first kappa shape index (κ1) is 31.0. The highest BCUT2D eigenvalue weighted by Gasteiger charge is 2.43. The van der Waals surface area contributed by atoms with E-state index in [-0.39, 0.29) is 36.8 Å². The van der Waals surface area contributed by atoms with Crippen molar-refractivity contribution in [2.45, 2.75) is 44.9 Å². The number of nitrogens with one attached hydrogen (secondary N) is 1. The number of morpholine rings is 2. The van der Waals surface area contributed by atoms with E-state index in [1.165, 1.54) is 45.3 Å². The number of nitrogens with two attached hydrogens (primary N) is 1. The van der Waals surface area contributed by atoms with Gasteiger partial charge in [0.15, 0.2) is 12.5 Å². The number of ether oxygens (including phenoxy) is 2. The lowest BCUT2D eigenvalue weighted by Gasteiger charge is -2.43. The minimum atomic E-state index is -3.60. The molecule has 3 N–H and O–H groups in total. The molecule has 2 aromatic rings. The molecule has 0 radical (unpaired) electrons. The summed E-state index contributed by atoms with van der Waals surface area (Å²) in [6.45, 7) is 4.59. The maximum absolute atomic E-state index is 14.4. The highest BCUT2D eigenvalue weighted by molar-refractivity contribution is 7.53. The zero-order chi connectivity index (χ0) is 29.9. The Morgan fingerprint density at radius 1 is 1.07 bits per heavy atom. The van der Waals surface area contributed by atoms with Gasteiger partial charge in [-0.25, -0.2) is 18.9 Å². The maximum atomic E-state index is 14.4. The molecule has 17 heteroatoms. The highest BCUT2D eigenvalue weighted by atomic mass is 31.2. The van der Waals surface area contributed by atoms with Crippen LogP contribution < -0.4 is 22.4 Å². The predicted molar refractivity (Wildman–Crippen MR) is 150 cm³/mol. The number of nitrogen functional groups attached to an aromatic ring is 1. The minimum absolute atomic E-state index is 0.0232. The number of rotatable bonds is 9. The van der Waals surface area contributed by atoms with Crippen molar-refractivity contribution in [1.29, 1.82) is 0 Å². The number of carbonyl (C=O) groups is 1. The SMILES string of the molecule is CC[C@@H]1CN([P@](=O)(OC[C@@H]2CN(C)CC(n3ccc(NC(C)=O)nc3=O)O2)N(C)C)CC(n2ccc(N)nc2=O)O1. The maximum Gasteiger partial charge on any atom is 0.351 e. The topological polar surface area (TPSA) is 179 Å². The average Bonchev–Trinajstić information content (AvgIpc) is 2.90. The van der Waals surface area contributed by atoms with Gasteiger partial charge in [0.25, 0.3) is 0 Å². The number of nitrogens with zero attached hydrogens (tertiary/aromatic N) is 7. The van der Waals surface area contributed by atoms with Crippen LogP contribution in [0.1, 0.15) is 32.7 Å². The summed E-state index contributed by atoms with van der Waals surface area (Å²) in [4.78, 5) is 46.2. The molecule has 0 bridgehead atoms. The number of hydrogen-bond donors (Lipinski definition) is 2. The second-order valence-corrected chi connectivity index (χ2v) is 12.9. The Kier molecular flexibility index (Phi) is 9.74. The number of aromatic nitrogens is 4. The van der Waals surface area contributed by atoms with Crippen LogP contribution in [0.5, 0.6) is 0 Å². The van der Waals surface area contributed by atoms with Gasteiger partial charge in [0.2, 0.25) is 5.91 Å². The number of hydrogen-bond acceptors (Lipinski definition) is 11. The zero-order valence-corrected chi connectivity index (χ0v) is 24.8. The minimum Gasteiger partial charge on any atom is -0.383 e. The monoisotopic (exact) mass is 595 g/mol. The molecular formula is C24H38N9O7P. The Balaban J connectivity index is 1.50. The standard InChI is InChI=1S/C24H38N9O7P/c1-6-17-12-31(14-22(39-17)32-9-7-19(25)27-23(32)35)41(37,29(3)4)38-15-18-11-30(5)13-21(40-18)33-10-8-20(26-16(2)34)28-24(33)36/h7-10,17-18,21-22H,6,11-15H2,1-5H3,(H2,25,27,35)(H,26,28,34,36)/t17-,18+,21?,22?,41-/m1/s1. The molecule has 0 saturated carbocycles. The molecule has 0 aromatic carbocycles. The Bertz CT molecular complexity index is 1400. The second-order valence-electron chi connectivity index (χ2n) is 10.3. The van der Waals surface area contributed by atoms with Crippen LogP contribution in [0.15, 0.2) is 34.1 Å². The molecule has 2 saturated heterocycles. The lowest BCUT2D eigenvalue weighted by atomic mass is 10.2. The van der Waals surface area contributed by atoms with E-state index in [0.29, 0.717) is 26.1 Å². The summed E-state index contributed by atoms with van der Waals surface area (Å²) in [7, 11) is 1.62. The molecule has 16 nitrogen and oxygen atoms in total. The Morgan fingerprint density at radius 2 is 1.71 bits per heavy atom. The Morgan fingerprint density at radius 3 is 2.32 bits per heavy atom. The smallest absolute Gasteiger partial charge is 0.351 e. The molecule has 2 aromatic heterocycles. The van der Waals surface area contributed by atoms with Gasteiger partial charge >= 0.3 is 19.0 Å². The first-order valence-corrected chi connectivity index (χ1v) is 14.8. The van der Waals surface area contributed by atoms with Crippen LogP contribution in [-0.2, 0) is 23.4 Å². The van der Waals surface area contributed by atoms with E-state index in [2.05, 4.69) is 15.3 Å². The largest absolute Gasteiger partial charge is 0.383 e. The van der Waals surface area contributed by atoms with Crippen molar-refractivity contribution in [2.75, 3.05) is 65.0 Å². The fourth-order valence-corrected chi connectivity index (χ4v) is 6.78. The quantitative estimate of drug-likeness (QED) is 0.375. The molecule has 226 valence electrons. The van der Waals surface area contributed by atoms with Gasteiger partial charge in [0.1, 0.15) is 11.6 Å². The fraction of sp³-hybridized carbons (Fsp3) is 0.625. The average molecular weight is 596 g/mol. The van der Waals surface area contributed by atoms with Crippen molar-refractivity contribution in [3.05, 3.63) is 45.5 Å². The normalized spacial score (nSPS) is 25.6. The first-order chi connectivity index (χ1) is 19.4. The summed E-state index contributed by atoms with van der Waals surface area (Å²) in [6.07, 6.45) is 1.41. The van der Waals surface area contributed by atoms with Crippen LogP contribution in [0.2, 0.25) is 0 Å². The van der Waals surface area contributed by atoms with E-state index in [0.717, 1.165) is 0 Å². The number of amides is 1. The molecule has 0 spiro atoms. The molecule has 4 heterocycles. The van der Waals surface area contributed by atoms with Gasteiger partial charge in [-0.15, -0.1) is 0 Å². The predicted octanol–water partition coefficient (Wildman–Crippen LogP) is 0.166. The van der Waals surface area contributed by atoms with Crippen LogP contribution in [0, 0.1) is 0 Å². The first-order valence-electron chi connectivity index (χ1n) is 13.3. The summed E-state index contributed by atoms with van der Waals surface area (Å²) >= 11 is 0. The Hall–Kier alpha value is -2.98. The highest BCUT2D eigenvalue weighted by Crippen LogP contribution is 2.54. The molecule has 0 aliphatic carbocycles. The van der Waals surface area contributed by atoms with Gasteiger partial charge in [-0.2, -0.15) is 9.97 Å². The van der Waals surface area contributed by atoms with Crippen LogP contribution in [0.3, 0.4) is 0 Å². The van der Waals surface area contributed by atoms with Crippen molar-refractivity contribution < 1.29 is 23.4 Å². The molecule has 2 unspecified atom stereocenters. The molecular weight excluding hydrogens is 557 g/mol. The number of likely N-dealkylation sites (N-methyl/N-ethyl adjacent to an activating group) is 1. The summed E-state index contributed by atoms with van der Waals surface area (Å²) in [5.74, 6) is -0.0773. The third-order valence-corrected chi connectivity index (χ3v) is 9.35. The van der Waals surface area contributed by atoms with E-state index in [4.69, 9.17) is 19.7 Å². The van der Waals surface area contributed by atoms with Crippen molar-refractivity contribution in [3.8, 4) is 0 Å². The van der Waals surface area contributed by atoms with Gasteiger partial charge in [0.05, 0.1) is 25.4 Å². The summed E-state index contributed by atoms with van der Waals surface area (Å²) < 4.78 is 38.7. The second kappa shape index (κ2) is 12.9. The number of carbonyl (C=O) groups excluding carboxylic acids is 1. The summed E-state index contributed by atoms with van der Waals surface area (Å²) in [5, 5.41) is 2.49. The van der Waals surface area contributed by atoms with Crippen LogP contribution in [0.4, 0.5) is 11.6 Å². The van der Waals surface area contributed by atoms with Crippen molar-refractivity contribution in [2.24, 2.45) is 0 Å². The molecule has 2 aliphatic heterocycles. The van der Waals surface area contributed by atoms with Gasteiger partial charge in [0, 0.05) is 39.0 Å². The van der Waals surface area contributed by atoms with Crippen molar-refractivity contribution >= 4 is 25.2 Å². The lowest BCUT2D eigenvalue weighted by molar-refractivity contribution is -0.131. The molecule has 41 heavy (non-hydrogen) atoms. The molecule has 2 aliphatic rings. The lowest BCUT2D eigenvalue weighted by Crippen LogP contribution is -2.49. The van der Waals surface area contributed by atoms with E-state index in [9.17, 15) is 18.9 Å². The summed E-state index contributed by atoms with van der Waals surface area (Å²) in [5.41, 5.74) is 4.51. The van der Waals surface area contributed by atoms with Gasteiger partial charge in [-0.05, 0) is 39.7 Å². The number of anilines is 2. The third-order valence-electron chi connectivity index (χ3n) is 6.82. The van der Waals surface area contributed by atoms with Crippen molar-refractivity contribution in [3.63, 3.8) is 0 Å². The molecule has 2 fully saturated rings. The van der Waals surface area contributed by atoms with Gasteiger partial charge < -0.3 is 25.0 Å². The summed E-state index contributed by atoms with van der Waals surface area (Å²) in [6, 6.07) is 3.03. The van der Waals surface area contributed by atoms with E-state index < -0.39 is 37.6 Å². The van der Waals surface area contributed by atoms with Crippen molar-refractivity contribution in [1.82, 2.24) is 33.3 Å². The molecule has 4 rings (SSSR count). The van der Waals surface area contributed by atoms with Gasteiger partial charge in [-0.1, -0.05) is 6.92 Å². The Labute approximate surface area is 237 Å². The third kappa shape index (κ3) is 7.27. The molecule has 1 amide bonds. The van der Waals surface area contributed by atoms with Crippen LogP contribution >= 0.6 is 7.67 Å². The zero-order valence-electron chi connectivity index (χ0n) is 23.9. The molecule has 5 atom stereocenters. The van der Waals surface area contributed by atoms with E-state index in [1.54, 1.807) is 18.8 Å². The fourth-order valence-electron chi connectivity index (χ4n) is 4.78. The van der Waals surface area contributed by atoms with E-state index >= 15 is 0 Å². The van der Waals surface area contributed by atoms with Crippen LogP contribution in [-0.4, -0.2) is 105 Å². The van der Waals surface area contributed by atoms with E-state index in [1.807, 2.05) is 18.9 Å². The van der Waals surface area contributed by atoms with Gasteiger partial charge in [-0.3, -0.25) is 23.4 Å². The van der Waals surface area contributed by atoms with Crippen LogP contribution in [0.25, 0.3) is 0 Å².